The van der Waals surface area contributed by atoms with Crippen molar-refractivity contribution >= 4 is 35.1 Å². The number of benzene rings is 1. The van der Waals surface area contributed by atoms with Crippen molar-refractivity contribution in [3.63, 3.8) is 0 Å². The molecule has 1 aromatic heterocycles. The molecule has 0 aliphatic rings. The number of nitrogens with zero attached hydrogens (tertiary/aromatic N) is 2. The lowest BCUT2D eigenvalue weighted by atomic mass is 10.1. The Morgan fingerprint density at radius 3 is 2.79 bits per heavy atom. The highest BCUT2D eigenvalue weighted by Crippen LogP contribution is 2.22. The molecule has 0 unspecified atom stereocenters. The number of phenols is 1. The summed E-state index contributed by atoms with van der Waals surface area (Å²) >= 11 is 11.6. The highest BCUT2D eigenvalue weighted by Gasteiger charge is 2.09. The molecule has 0 aliphatic carbocycles. The van der Waals surface area contributed by atoms with E-state index in [1.807, 2.05) is 0 Å². The summed E-state index contributed by atoms with van der Waals surface area (Å²) in [4.78, 5) is 16.0. The molecule has 0 fully saturated rings. The molecule has 0 spiro atoms. The fourth-order valence-electron chi connectivity index (χ4n) is 1.50. The minimum atomic E-state index is -0.362. The molecule has 0 amide bonds. The van der Waals surface area contributed by atoms with Crippen LogP contribution in [0.3, 0.4) is 0 Å². The number of imidazole rings is 1. The molecular weight excluding hydrogens is 287 g/mol. The summed E-state index contributed by atoms with van der Waals surface area (Å²) in [6.07, 6.45) is 4.32. The molecule has 0 bridgehead atoms. The second-order valence-corrected chi connectivity index (χ2v) is 4.68. The summed E-state index contributed by atoms with van der Waals surface area (Å²) in [6, 6.07) is 4.30. The minimum Gasteiger partial charge on any atom is -0.507 e. The lowest BCUT2D eigenvalue weighted by Gasteiger charge is -2.01. The molecular formula is C13H10Cl2N2O2. The quantitative estimate of drug-likeness (QED) is 0.698. The molecule has 2 aromatic rings. The van der Waals surface area contributed by atoms with Crippen LogP contribution in [0.15, 0.2) is 30.5 Å². The third-order valence-electron chi connectivity index (χ3n) is 2.58. The van der Waals surface area contributed by atoms with Gasteiger partial charge in [-0.1, -0.05) is 23.2 Å². The summed E-state index contributed by atoms with van der Waals surface area (Å²) in [5.74, 6) is 0.0657. The maximum Gasteiger partial charge on any atom is 0.189 e. The third kappa shape index (κ3) is 2.97. The van der Waals surface area contributed by atoms with Gasteiger partial charge in [-0.25, -0.2) is 4.98 Å². The molecule has 1 heterocycles. The number of carbonyl (C=O) groups excluding carboxylic acids is 1. The van der Waals surface area contributed by atoms with E-state index in [0.29, 0.717) is 16.0 Å². The van der Waals surface area contributed by atoms with Crippen LogP contribution in [0.4, 0.5) is 0 Å². The van der Waals surface area contributed by atoms with Gasteiger partial charge in [-0.15, -0.1) is 0 Å². The molecule has 0 saturated carbocycles. The molecule has 19 heavy (non-hydrogen) atoms. The van der Waals surface area contributed by atoms with Gasteiger partial charge in [0.25, 0.3) is 0 Å². The highest BCUT2D eigenvalue weighted by molar-refractivity contribution is 6.31. The van der Waals surface area contributed by atoms with E-state index in [1.165, 1.54) is 36.5 Å². The molecule has 98 valence electrons. The molecule has 2 rings (SSSR count). The van der Waals surface area contributed by atoms with Crippen LogP contribution in [-0.4, -0.2) is 20.4 Å². The number of rotatable bonds is 3. The van der Waals surface area contributed by atoms with Crippen LogP contribution in [0.1, 0.15) is 16.2 Å². The molecule has 0 saturated heterocycles. The maximum absolute atomic E-state index is 11.9. The number of hydrogen-bond acceptors (Lipinski definition) is 3. The van der Waals surface area contributed by atoms with Gasteiger partial charge >= 0.3 is 0 Å². The molecule has 0 radical (unpaired) electrons. The van der Waals surface area contributed by atoms with Crippen LogP contribution in [-0.2, 0) is 7.05 Å². The lowest BCUT2D eigenvalue weighted by molar-refractivity contribution is 0.104. The van der Waals surface area contributed by atoms with Gasteiger partial charge in [-0.2, -0.15) is 0 Å². The molecule has 0 aliphatic heterocycles. The van der Waals surface area contributed by atoms with Crippen molar-refractivity contribution in [3.05, 3.63) is 52.0 Å². The zero-order chi connectivity index (χ0) is 14.0. The number of halogens is 2. The fraction of sp³-hybridized carbons (Fsp3) is 0.0769. The predicted molar refractivity (Wildman–Crippen MR) is 74.7 cm³/mol. The average molecular weight is 297 g/mol. The molecule has 1 N–H and O–H groups in total. The third-order valence-corrected chi connectivity index (χ3v) is 3.16. The van der Waals surface area contributed by atoms with Crippen molar-refractivity contribution < 1.29 is 9.90 Å². The Bertz CT molecular complexity index is 663. The number of allylic oxidation sites excluding steroid dienone is 1. The summed E-state index contributed by atoms with van der Waals surface area (Å²) in [7, 11) is 1.73. The first-order valence-electron chi connectivity index (χ1n) is 5.37. The van der Waals surface area contributed by atoms with E-state index in [0.717, 1.165) is 0 Å². The van der Waals surface area contributed by atoms with E-state index in [-0.39, 0.29) is 17.1 Å². The van der Waals surface area contributed by atoms with E-state index in [1.54, 1.807) is 11.6 Å². The van der Waals surface area contributed by atoms with Crippen molar-refractivity contribution in [2.45, 2.75) is 0 Å². The number of aromatic nitrogens is 2. The highest BCUT2D eigenvalue weighted by atomic mass is 35.5. The predicted octanol–water partition coefficient (Wildman–Crippen LogP) is 3.33. The normalized spacial score (nSPS) is 11.1. The molecule has 0 atom stereocenters. The van der Waals surface area contributed by atoms with Gasteiger partial charge in [0.05, 0.1) is 11.8 Å². The second kappa shape index (κ2) is 5.47. The smallest absolute Gasteiger partial charge is 0.189 e. The summed E-state index contributed by atoms with van der Waals surface area (Å²) in [5.41, 5.74) is 0.143. The Balaban J connectivity index is 2.26. The topological polar surface area (TPSA) is 55.1 Å². The van der Waals surface area contributed by atoms with Crippen LogP contribution in [0, 0.1) is 0 Å². The standard InChI is InChI=1S/C13H10Cl2N2O2/c1-17-12(15)7-16-13(17)5-4-11(19)9-6-8(14)2-3-10(9)18/h2-7,18H,1H3/b5-4+. The van der Waals surface area contributed by atoms with Gasteiger partial charge in [0.1, 0.15) is 16.7 Å². The van der Waals surface area contributed by atoms with Crippen molar-refractivity contribution in [3.8, 4) is 5.75 Å². The van der Waals surface area contributed by atoms with Gasteiger partial charge in [0.2, 0.25) is 0 Å². The van der Waals surface area contributed by atoms with Crippen LogP contribution in [0.25, 0.3) is 6.08 Å². The number of ketones is 1. The van der Waals surface area contributed by atoms with Crippen LogP contribution in [0.5, 0.6) is 5.75 Å². The zero-order valence-corrected chi connectivity index (χ0v) is 11.5. The van der Waals surface area contributed by atoms with Crippen molar-refractivity contribution in [2.75, 3.05) is 0 Å². The first-order chi connectivity index (χ1) is 8.99. The number of aromatic hydroxyl groups is 1. The second-order valence-electron chi connectivity index (χ2n) is 3.86. The summed E-state index contributed by atoms with van der Waals surface area (Å²) in [6.45, 7) is 0. The molecule has 4 nitrogen and oxygen atoms in total. The number of phenolic OH excluding ortho intramolecular Hbond substituents is 1. The number of carbonyl (C=O) groups is 1. The Kier molecular flexibility index (Phi) is 3.93. The SMILES string of the molecule is Cn1c(Cl)cnc1/C=C/C(=O)c1cc(Cl)ccc1O. The van der Waals surface area contributed by atoms with Gasteiger partial charge in [0, 0.05) is 12.1 Å². The first kappa shape index (κ1) is 13.6. The van der Waals surface area contributed by atoms with Gasteiger partial charge in [-0.05, 0) is 30.4 Å². The van der Waals surface area contributed by atoms with E-state index in [9.17, 15) is 9.90 Å². The van der Waals surface area contributed by atoms with Crippen LogP contribution < -0.4 is 0 Å². The number of hydrogen-bond donors (Lipinski definition) is 1. The van der Waals surface area contributed by atoms with Crippen LogP contribution >= 0.6 is 23.2 Å². The Morgan fingerprint density at radius 2 is 2.16 bits per heavy atom. The van der Waals surface area contributed by atoms with Crippen molar-refractivity contribution in [2.24, 2.45) is 7.05 Å². The first-order valence-corrected chi connectivity index (χ1v) is 6.13. The summed E-state index contributed by atoms with van der Waals surface area (Å²) in [5, 5.41) is 10.5. The van der Waals surface area contributed by atoms with Crippen molar-refractivity contribution in [1.82, 2.24) is 9.55 Å². The monoisotopic (exact) mass is 296 g/mol. The average Bonchev–Trinajstić information content (AvgIpc) is 2.70. The Labute approximate surface area is 119 Å². The minimum absolute atomic E-state index is 0.114. The maximum atomic E-state index is 11.9. The van der Waals surface area contributed by atoms with E-state index in [4.69, 9.17) is 23.2 Å². The Morgan fingerprint density at radius 1 is 1.42 bits per heavy atom. The summed E-state index contributed by atoms with van der Waals surface area (Å²) < 4.78 is 1.63. The van der Waals surface area contributed by atoms with E-state index >= 15 is 0 Å². The zero-order valence-electron chi connectivity index (χ0n) is 9.97. The van der Waals surface area contributed by atoms with Gasteiger partial charge in [-0.3, -0.25) is 4.79 Å². The van der Waals surface area contributed by atoms with Crippen molar-refractivity contribution in [1.29, 1.82) is 0 Å². The van der Waals surface area contributed by atoms with Gasteiger partial charge < -0.3 is 9.67 Å². The van der Waals surface area contributed by atoms with E-state index in [2.05, 4.69) is 4.98 Å². The molecule has 6 heteroatoms. The fourth-order valence-corrected chi connectivity index (χ4v) is 1.81. The lowest BCUT2D eigenvalue weighted by Crippen LogP contribution is -1.96. The van der Waals surface area contributed by atoms with Crippen LogP contribution in [0.2, 0.25) is 10.2 Å². The molecule has 1 aromatic carbocycles. The van der Waals surface area contributed by atoms with E-state index < -0.39 is 0 Å². The Hall–Kier alpha value is -1.78. The van der Waals surface area contributed by atoms with Gasteiger partial charge in [0.15, 0.2) is 5.78 Å². The largest absolute Gasteiger partial charge is 0.507 e.